The van der Waals surface area contributed by atoms with E-state index >= 15 is 0 Å². The first-order chi connectivity index (χ1) is 9.66. The number of ether oxygens (including phenoxy) is 1. The standard InChI is InChI=1S/C12H17N3O5S/c1-8-12(2,5-6-20-8)14-21(18,19)9-3-4-10(13)11(7-9)15(16)17/h3-4,7-8,14H,5-6,13H2,1-2H3. The van der Waals surface area contributed by atoms with Crippen LogP contribution in [0.2, 0.25) is 0 Å². The second-order valence-electron chi connectivity index (χ2n) is 5.26. The summed E-state index contributed by atoms with van der Waals surface area (Å²) in [5.41, 5.74) is 4.21. The molecule has 2 rings (SSSR count). The number of nitrogens with one attached hydrogen (secondary N) is 1. The van der Waals surface area contributed by atoms with Crippen molar-refractivity contribution in [3.05, 3.63) is 28.3 Å². The fraction of sp³-hybridized carbons (Fsp3) is 0.500. The normalized spacial score (nSPS) is 25.9. The van der Waals surface area contributed by atoms with E-state index in [4.69, 9.17) is 10.5 Å². The van der Waals surface area contributed by atoms with Gasteiger partial charge in [-0.25, -0.2) is 13.1 Å². The van der Waals surface area contributed by atoms with Crippen LogP contribution in [0.25, 0.3) is 0 Å². The molecule has 1 heterocycles. The van der Waals surface area contributed by atoms with Crippen molar-refractivity contribution in [3.63, 3.8) is 0 Å². The van der Waals surface area contributed by atoms with Gasteiger partial charge in [-0.1, -0.05) is 0 Å². The van der Waals surface area contributed by atoms with Crippen LogP contribution in [0.4, 0.5) is 11.4 Å². The van der Waals surface area contributed by atoms with Crippen LogP contribution in [0.5, 0.6) is 0 Å². The average Bonchev–Trinajstić information content (AvgIpc) is 2.68. The van der Waals surface area contributed by atoms with E-state index in [0.29, 0.717) is 13.0 Å². The zero-order valence-corrected chi connectivity index (χ0v) is 12.5. The summed E-state index contributed by atoms with van der Waals surface area (Å²) in [7, 11) is -3.90. The predicted octanol–water partition coefficient (Wildman–Crippen LogP) is 1.02. The lowest BCUT2D eigenvalue weighted by molar-refractivity contribution is -0.384. The van der Waals surface area contributed by atoms with Crippen molar-refractivity contribution in [3.8, 4) is 0 Å². The van der Waals surface area contributed by atoms with E-state index in [1.807, 2.05) is 0 Å². The summed E-state index contributed by atoms with van der Waals surface area (Å²) in [6.45, 7) is 3.98. The SMILES string of the molecule is CC1OCCC1(C)NS(=O)(=O)c1ccc(N)c([N+](=O)[O-])c1. The van der Waals surface area contributed by atoms with Crippen molar-refractivity contribution in [2.45, 2.75) is 36.8 Å². The van der Waals surface area contributed by atoms with E-state index < -0.39 is 26.2 Å². The summed E-state index contributed by atoms with van der Waals surface area (Å²) in [6.07, 6.45) is 0.251. The number of sulfonamides is 1. The largest absolute Gasteiger partial charge is 0.393 e. The maximum absolute atomic E-state index is 12.4. The van der Waals surface area contributed by atoms with Crippen LogP contribution in [0, 0.1) is 10.1 Å². The number of nitrogen functional groups attached to an aromatic ring is 1. The van der Waals surface area contributed by atoms with Gasteiger partial charge < -0.3 is 10.5 Å². The minimum Gasteiger partial charge on any atom is -0.393 e. The van der Waals surface area contributed by atoms with Crippen LogP contribution in [-0.2, 0) is 14.8 Å². The van der Waals surface area contributed by atoms with Gasteiger partial charge in [-0.2, -0.15) is 0 Å². The lowest BCUT2D eigenvalue weighted by Crippen LogP contribution is -2.50. The van der Waals surface area contributed by atoms with E-state index in [2.05, 4.69) is 4.72 Å². The number of nitro benzene ring substituents is 1. The number of nitro groups is 1. The first kappa shape index (κ1) is 15.7. The van der Waals surface area contributed by atoms with Crippen molar-refractivity contribution in [2.75, 3.05) is 12.3 Å². The van der Waals surface area contributed by atoms with E-state index in [-0.39, 0.29) is 16.7 Å². The molecule has 1 aliphatic heterocycles. The van der Waals surface area contributed by atoms with Gasteiger partial charge in [0.1, 0.15) is 5.69 Å². The third kappa shape index (κ3) is 2.99. The highest BCUT2D eigenvalue weighted by atomic mass is 32.2. The minimum atomic E-state index is -3.90. The average molecular weight is 315 g/mol. The van der Waals surface area contributed by atoms with Crippen LogP contribution in [0.1, 0.15) is 20.3 Å². The van der Waals surface area contributed by atoms with Crippen LogP contribution in [-0.4, -0.2) is 31.6 Å². The molecule has 1 aromatic carbocycles. The van der Waals surface area contributed by atoms with E-state index in [1.165, 1.54) is 12.1 Å². The Kier molecular flexibility index (Phi) is 3.91. The molecule has 0 amide bonds. The molecule has 0 saturated carbocycles. The van der Waals surface area contributed by atoms with Crippen molar-refractivity contribution < 1.29 is 18.1 Å². The van der Waals surface area contributed by atoms with Gasteiger partial charge in [-0.15, -0.1) is 0 Å². The smallest absolute Gasteiger partial charge is 0.293 e. The highest BCUT2D eigenvalue weighted by Crippen LogP contribution is 2.29. The van der Waals surface area contributed by atoms with Gasteiger partial charge in [0.15, 0.2) is 0 Å². The van der Waals surface area contributed by atoms with E-state index in [1.54, 1.807) is 13.8 Å². The molecular formula is C12H17N3O5S. The monoisotopic (exact) mass is 315 g/mol. The Morgan fingerprint density at radius 3 is 2.71 bits per heavy atom. The Labute approximate surface area is 122 Å². The third-order valence-electron chi connectivity index (χ3n) is 3.76. The van der Waals surface area contributed by atoms with Gasteiger partial charge in [0.05, 0.1) is 21.5 Å². The van der Waals surface area contributed by atoms with Crippen LogP contribution >= 0.6 is 0 Å². The summed E-state index contributed by atoms with van der Waals surface area (Å²) in [4.78, 5) is 9.95. The number of rotatable bonds is 4. The fourth-order valence-electron chi connectivity index (χ4n) is 2.18. The van der Waals surface area contributed by atoms with E-state index in [9.17, 15) is 18.5 Å². The van der Waals surface area contributed by atoms with Gasteiger partial charge in [0, 0.05) is 12.7 Å². The molecule has 1 saturated heterocycles. The number of nitrogens with zero attached hydrogens (tertiary/aromatic N) is 1. The number of nitrogens with two attached hydrogens (primary N) is 1. The van der Waals surface area contributed by atoms with Gasteiger partial charge in [0.2, 0.25) is 10.0 Å². The summed E-state index contributed by atoms with van der Waals surface area (Å²) in [5, 5.41) is 10.9. The van der Waals surface area contributed by atoms with Crippen LogP contribution in [0.15, 0.2) is 23.1 Å². The number of benzene rings is 1. The molecule has 0 aromatic heterocycles. The highest BCUT2D eigenvalue weighted by Gasteiger charge is 2.40. The number of hydrogen-bond donors (Lipinski definition) is 2. The van der Waals surface area contributed by atoms with Gasteiger partial charge in [0.25, 0.3) is 5.69 Å². The molecule has 1 aromatic rings. The molecule has 0 aliphatic carbocycles. The van der Waals surface area contributed by atoms with Gasteiger partial charge >= 0.3 is 0 Å². The molecule has 1 aliphatic rings. The van der Waals surface area contributed by atoms with Crippen LogP contribution < -0.4 is 10.5 Å². The molecule has 2 unspecified atom stereocenters. The first-order valence-electron chi connectivity index (χ1n) is 6.35. The topological polar surface area (TPSA) is 125 Å². The molecule has 3 N–H and O–H groups in total. The molecule has 8 nitrogen and oxygen atoms in total. The molecule has 0 radical (unpaired) electrons. The Hall–Kier alpha value is -1.71. The first-order valence-corrected chi connectivity index (χ1v) is 7.83. The second-order valence-corrected chi connectivity index (χ2v) is 6.95. The molecule has 2 atom stereocenters. The Morgan fingerprint density at radius 1 is 1.52 bits per heavy atom. The lowest BCUT2D eigenvalue weighted by atomic mass is 9.97. The molecule has 9 heteroatoms. The van der Waals surface area contributed by atoms with Crippen molar-refractivity contribution >= 4 is 21.4 Å². The summed E-state index contributed by atoms with van der Waals surface area (Å²) in [6, 6.07) is 3.42. The fourth-order valence-corrected chi connectivity index (χ4v) is 3.70. The zero-order chi connectivity index (χ0) is 15.8. The molecule has 116 valence electrons. The van der Waals surface area contributed by atoms with E-state index in [0.717, 1.165) is 6.07 Å². The van der Waals surface area contributed by atoms with Gasteiger partial charge in [-0.05, 0) is 32.4 Å². The van der Waals surface area contributed by atoms with Crippen molar-refractivity contribution in [2.24, 2.45) is 0 Å². The minimum absolute atomic E-state index is 0.0808. The highest BCUT2D eigenvalue weighted by molar-refractivity contribution is 7.89. The Bertz CT molecular complexity index is 675. The Morgan fingerprint density at radius 2 is 2.19 bits per heavy atom. The molecule has 0 spiro atoms. The van der Waals surface area contributed by atoms with Crippen LogP contribution in [0.3, 0.4) is 0 Å². The molecular weight excluding hydrogens is 298 g/mol. The molecule has 21 heavy (non-hydrogen) atoms. The quantitative estimate of drug-likeness (QED) is 0.485. The Balaban J connectivity index is 2.36. The number of anilines is 1. The lowest BCUT2D eigenvalue weighted by Gasteiger charge is -2.28. The van der Waals surface area contributed by atoms with Crippen molar-refractivity contribution in [1.29, 1.82) is 0 Å². The maximum Gasteiger partial charge on any atom is 0.293 e. The molecule has 0 bridgehead atoms. The second kappa shape index (κ2) is 5.24. The maximum atomic E-state index is 12.4. The molecule has 1 fully saturated rings. The number of hydrogen-bond acceptors (Lipinski definition) is 6. The predicted molar refractivity (Wildman–Crippen MR) is 76.3 cm³/mol. The summed E-state index contributed by atoms with van der Waals surface area (Å²) in [5.74, 6) is 0. The third-order valence-corrected chi connectivity index (χ3v) is 5.37. The van der Waals surface area contributed by atoms with Crippen molar-refractivity contribution in [1.82, 2.24) is 4.72 Å². The van der Waals surface area contributed by atoms with Gasteiger partial charge in [-0.3, -0.25) is 10.1 Å². The zero-order valence-electron chi connectivity index (χ0n) is 11.7. The summed E-state index contributed by atoms with van der Waals surface area (Å²) >= 11 is 0. The summed E-state index contributed by atoms with van der Waals surface area (Å²) < 4.78 is 32.7.